The molecule has 0 aromatic heterocycles. The topological polar surface area (TPSA) is 44.5 Å². The molecule has 0 unspecified atom stereocenters. The van der Waals surface area contributed by atoms with Crippen LogP contribution < -0.4 is 15.2 Å². The van der Waals surface area contributed by atoms with Gasteiger partial charge in [0.2, 0.25) is 0 Å². The number of benzene rings is 1. The number of nitrogens with two attached hydrogens (primary N) is 1. The minimum absolute atomic E-state index is 0.0106. The zero-order valence-electron chi connectivity index (χ0n) is 10.1. The van der Waals surface area contributed by atoms with E-state index in [1.165, 1.54) is 7.11 Å². The Morgan fingerprint density at radius 1 is 1.17 bits per heavy atom. The van der Waals surface area contributed by atoms with Crippen LogP contribution in [0.4, 0.5) is 13.2 Å². The highest BCUT2D eigenvalue weighted by atomic mass is 19.4. The summed E-state index contributed by atoms with van der Waals surface area (Å²) in [6.07, 6.45) is -5.06. The summed E-state index contributed by atoms with van der Waals surface area (Å²) in [6, 6.07) is 5.06. The highest BCUT2D eigenvalue weighted by molar-refractivity contribution is 5.38. The van der Waals surface area contributed by atoms with Crippen LogP contribution in [0, 0.1) is 0 Å². The van der Waals surface area contributed by atoms with Gasteiger partial charge in [0.15, 0.2) is 0 Å². The highest BCUT2D eigenvalue weighted by Gasteiger charge is 2.26. The summed E-state index contributed by atoms with van der Waals surface area (Å²) in [4.78, 5) is 0. The van der Waals surface area contributed by atoms with Crippen LogP contribution in [0.5, 0.6) is 11.5 Å². The molecule has 0 atom stereocenters. The van der Waals surface area contributed by atoms with Crippen LogP contribution >= 0.6 is 0 Å². The predicted octanol–water partition coefficient (Wildman–Crippen LogP) is 2.88. The van der Waals surface area contributed by atoms with Gasteiger partial charge < -0.3 is 15.2 Å². The Morgan fingerprint density at radius 2 is 1.83 bits per heavy atom. The molecular formula is C12H16F3NO2. The lowest BCUT2D eigenvalue weighted by Gasteiger charge is -2.10. The smallest absolute Gasteiger partial charge is 0.389 e. The molecule has 0 bridgehead atoms. The molecule has 3 nitrogen and oxygen atoms in total. The van der Waals surface area contributed by atoms with E-state index in [1.54, 1.807) is 18.2 Å². The molecule has 0 heterocycles. The number of alkyl halides is 3. The van der Waals surface area contributed by atoms with Gasteiger partial charge >= 0.3 is 6.18 Å². The Bertz CT molecular complexity index is 358. The summed E-state index contributed by atoms with van der Waals surface area (Å²) in [5, 5.41) is 0. The van der Waals surface area contributed by atoms with Gasteiger partial charge in [-0.25, -0.2) is 0 Å². The SMILES string of the molecule is COc1cc(CN)cc(OCCCC(F)(F)F)c1. The Morgan fingerprint density at radius 3 is 2.39 bits per heavy atom. The Balaban J connectivity index is 2.51. The monoisotopic (exact) mass is 263 g/mol. The van der Waals surface area contributed by atoms with E-state index in [9.17, 15) is 13.2 Å². The van der Waals surface area contributed by atoms with E-state index in [1.807, 2.05) is 0 Å². The Kier molecular flexibility index (Phi) is 5.27. The Labute approximate surface area is 104 Å². The third-order valence-electron chi connectivity index (χ3n) is 2.28. The van der Waals surface area contributed by atoms with E-state index >= 15 is 0 Å². The van der Waals surface area contributed by atoms with Gasteiger partial charge in [0.05, 0.1) is 13.7 Å². The maximum atomic E-state index is 11.9. The molecule has 102 valence electrons. The molecule has 0 aliphatic heterocycles. The van der Waals surface area contributed by atoms with Gasteiger partial charge in [0.1, 0.15) is 11.5 Å². The van der Waals surface area contributed by atoms with Gasteiger partial charge in [0, 0.05) is 19.0 Å². The number of hydrogen-bond donors (Lipinski definition) is 1. The average Bonchev–Trinajstić information content (AvgIpc) is 2.33. The van der Waals surface area contributed by atoms with Gasteiger partial charge in [-0.1, -0.05) is 0 Å². The molecule has 0 aliphatic rings. The molecule has 0 aliphatic carbocycles. The van der Waals surface area contributed by atoms with Crippen molar-refractivity contribution in [2.45, 2.75) is 25.6 Å². The van der Waals surface area contributed by atoms with E-state index < -0.39 is 12.6 Å². The summed E-state index contributed by atoms with van der Waals surface area (Å²) in [5.41, 5.74) is 6.30. The first-order valence-corrected chi connectivity index (χ1v) is 5.52. The first-order valence-electron chi connectivity index (χ1n) is 5.52. The van der Waals surface area contributed by atoms with Gasteiger partial charge in [-0.05, 0) is 24.1 Å². The maximum absolute atomic E-state index is 11.9. The van der Waals surface area contributed by atoms with E-state index in [4.69, 9.17) is 15.2 Å². The van der Waals surface area contributed by atoms with Crippen molar-refractivity contribution in [1.82, 2.24) is 0 Å². The lowest BCUT2D eigenvalue weighted by atomic mass is 10.2. The minimum Gasteiger partial charge on any atom is -0.497 e. The van der Waals surface area contributed by atoms with Crippen molar-refractivity contribution in [3.05, 3.63) is 23.8 Å². The van der Waals surface area contributed by atoms with Crippen LogP contribution in [-0.4, -0.2) is 19.9 Å². The molecule has 1 rings (SSSR count). The van der Waals surface area contributed by atoms with Crippen molar-refractivity contribution < 1.29 is 22.6 Å². The lowest BCUT2D eigenvalue weighted by Crippen LogP contribution is -2.10. The second kappa shape index (κ2) is 6.49. The van der Waals surface area contributed by atoms with Gasteiger partial charge in [-0.15, -0.1) is 0 Å². The third-order valence-corrected chi connectivity index (χ3v) is 2.28. The molecular weight excluding hydrogens is 247 g/mol. The standard InChI is InChI=1S/C12H16F3NO2/c1-17-10-5-9(8-16)6-11(7-10)18-4-2-3-12(13,14)15/h5-7H,2-4,8,16H2,1H3. The molecule has 1 aromatic rings. The van der Waals surface area contributed by atoms with Gasteiger partial charge in [-0.2, -0.15) is 13.2 Å². The first-order chi connectivity index (χ1) is 8.44. The van der Waals surface area contributed by atoms with Crippen molar-refractivity contribution in [1.29, 1.82) is 0 Å². The fourth-order valence-electron chi connectivity index (χ4n) is 1.41. The number of ether oxygens (including phenoxy) is 2. The van der Waals surface area contributed by atoms with Crippen molar-refractivity contribution in [3.63, 3.8) is 0 Å². The van der Waals surface area contributed by atoms with E-state index in [2.05, 4.69) is 0 Å². The number of hydrogen-bond acceptors (Lipinski definition) is 3. The van der Waals surface area contributed by atoms with Crippen LogP contribution in [0.25, 0.3) is 0 Å². The summed E-state index contributed by atoms with van der Waals surface area (Å²) in [6.45, 7) is 0.326. The quantitative estimate of drug-likeness (QED) is 0.803. The molecule has 0 saturated carbocycles. The van der Waals surface area contributed by atoms with Crippen LogP contribution in [0.15, 0.2) is 18.2 Å². The molecule has 0 fully saturated rings. The molecule has 18 heavy (non-hydrogen) atoms. The van der Waals surface area contributed by atoms with Crippen molar-refractivity contribution >= 4 is 0 Å². The molecule has 6 heteroatoms. The number of halogens is 3. The van der Waals surface area contributed by atoms with Crippen molar-refractivity contribution in [2.24, 2.45) is 5.73 Å². The van der Waals surface area contributed by atoms with Crippen LogP contribution in [0.3, 0.4) is 0 Å². The molecule has 0 amide bonds. The van der Waals surface area contributed by atoms with Gasteiger partial charge in [0.25, 0.3) is 0 Å². The maximum Gasteiger partial charge on any atom is 0.389 e. The fraction of sp³-hybridized carbons (Fsp3) is 0.500. The van der Waals surface area contributed by atoms with Gasteiger partial charge in [-0.3, -0.25) is 0 Å². The molecule has 1 aromatic carbocycles. The van der Waals surface area contributed by atoms with Crippen LogP contribution in [0.1, 0.15) is 18.4 Å². The van der Waals surface area contributed by atoms with Crippen molar-refractivity contribution in [2.75, 3.05) is 13.7 Å². The fourth-order valence-corrected chi connectivity index (χ4v) is 1.41. The molecule has 2 N–H and O–H groups in total. The normalized spacial score (nSPS) is 11.4. The minimum atomic E-state index is -4.14. The second-order valence-corrected chi connectivity index (χ2v) is 3.79. The van der Waals surface area contributed by atoms with E-state index in [0.717, 1.165) is 5.56 Å². The highest BCUT2D eigenvalue weighted by Crippen LogP contribution is 2.24. The van der Waals surface area contributed by atoms with E-state index in [0.29, 0.717) is 18.0 Å². The largest absolute Gasteiger partial charge is 0.497 e. The zero-order valence-corrected chi connectivity index (χ0v) is 10.1. The van der Waals surface area contributed by atoms with Crippen molar-refractivity contribution in [3.8, 4) is 11.5 Å². The van der Waals surface area contributed by atoms with Crippen LogP contribution in [0.2, 0.25) is 0 Å². The predicted molar refractivity (Wildman–Crippen MR) is 61.7 cm³/mol. The van der Waals surface area contributed by atoms with Crippen LogP contribution in [-0.2, 0) is 6.54 Å². The molecule has 0 saturated heterocycles. The third kappa shape index (κ3) is 5.27. The summed E-state index contributed by atoms with van der Waals surface area (Å²) in [5.74, 6) is 1.04. The number of methoxy groups -OCH3 is 1. The molecule has 0 radical (unpaired) electrons. The summed E-state index contributed by atoms with van der Waals surface area (Å²) >= 11 is 0. The number of rotatable bonds is 6. The van der Waals surface area contributed by atoms with E-state index in [-0.39, 0.29) is 13.0 Å². The first kappa shape index (κ1) is 14.6. The average molecular weight is 263 g/mol. The lowest BCUT2D eigenvalue weighted by molar-refractivity contribution is -0.136. The summed E-state index contributed by atoms with van der Waals surface area (Å²) in [7, 11) is 1.50. The summed E-state index contributed by atoms with van der Waals surface area (Å²) < 4.78 is 46.1. The Hall–Kier alpha value is -1.43. The molecule has 0 spiro atoms. The second-order valence-electron chi connectivity index (χ2n) is 3.79. The zero-order chi connectivity index (χ0) is 13.6.